The maximum Gasteiger partial charge on any atom is 0.265 e. The number of benzene rings is 2. The molecule has 0 N–H and O–H groups in total. The second kappa shape index (κ2) is 11.1. The van der Waals surface area contributed by atoms with Crippen LogP contribution in [0.2, 0.25) is 0 Å². The lowest BCUT2D eigenvalue weighted by Crippen LogP contribution is -2.49. The van der Waals surface area contributed by atoms with Gasteiger partial charge in [0.15, 0.2) is 17.3 Å². The van der Waals surface area contributed by atoms with Crippen molar-refractivity contribution >= 4 is 23.1 Å². The molecule has 196 valence electrons. The summed E-state index contributed by atoms with van der Waals surface area (Å²) in [5.74, 6) is 2.45. The first-order valence-corrected chi connectivity index (χ1v) is 13.0. The number of carbonyl (C=O) groups excluding carboxylic acids is 1. The Bertz CT molecular complexity index is 1390. The number of nitrogens with zero attached hydrogens (tertiary/aromatic N) is 5. The second-order valence-corrected chi connectivity index (χ2v) is 9.77. The Morgan fingerprint density at radius 3 is 2.11 bits per heavy atom. The molecule has 10 heteroatoms. The molecule has 3 heterocycles. The van der Waals surface area contributed by atoms with Crippen LogP contribution in [0.4, 0.5) is 5.82 Å². The van der Waals surface area contributed by atoms with Crippen molar-refractivity contribution in [3.8, 4) is 39.1 Å². The summed E-state index contributed by atoms with van der Waals surface area (Å²) in [4.78, 5) is 22.7. The third-order valence-electron chi connectivity index (χ3n) is 6.51. The first-order chi connectivity index (χ1) is 18.5. The van der Waals surface area contributed by atoms with Gasteiger partial charge < -0.3 is 24.0 Å². The number of hydrogen-bond donors (Lipinski definition) is 0. The molecule has 4 aromatic rings. The van der Waals surface area contributed by atoms with Gasteiger partial charge in [0.05, 0.1) is 32.7 Å². The van der Waals surface area contributed by atoms with Gasteiger partial charge in [0.25, 0.3) is 5.91 Å². The molecule has 2 aromatic carbocycles. The third-order valence-corrected chi connectivity index (χ3v) is 7.71. The zero-order chi connectivity index (χ0) is 26.6. The zero-order valence-corrected chi connectivity index (χ0v) is 22.6. The number of methoxy groups -OCH3 is 3. The highest BCUT2D eigenvalue weighted by molar-refractivity contribution is 7.17. The van der Waals surface area contributed by atoms with Gasteiger partial charge in [-0.1, -0.05) is 30.3 Å². The van der Waals surface area contributed by atoms with Crippen LogP contribution < -0.4 is 19.1 Å². The van der Waals surface area contributed by atoms with Gasteiger partial charge in [-0.15, -0.1) is 21.5 Å². The largest absolute Gasteiger partial charge is 0.493 e. The predicted molar refractivity (Wildman–Crippen MR) is 148 cm³/mol. The van der Waals surface area contributed by atoms with Crippen molar-refractivity contribution in [2.75, 3.05) is 52.4 Å². The first-order valence-electron chi connectivity index (χ1n) is 12.2. The Kier molecular flexibility index (Phi) is 7.41. The number of hydrogen-bond acceptors (Lipinski definition) is 9. The minimum atomic E-state index is 0.0330. The Morgan fingerprint density at radius 2 is 1.53 bits per heavy atom. The summed E-state index contributed by atoms with van der Waals surface area (Å²) in [7, 11) is 4.74. The van der Waals surface area contributed by atoms with Crippen molar-refractivity contribution in [1.82, 2.24) is 20.1 Å². The molecule has 9 nitrogen and oxygen atoms in total. The van der Waals surface area contributed by atoms with Crippen LogP contribution >= 0.6 is 11.3 Å². The van der Waals surface area contributed by atoms with Gasteiger partial charge in [0.1, 0.15) is 9.88 Å². The van der Waals surface area contributed by atoms with Crippen LogP contribution in [0.15, 0.2) is 54.6 Å². The standard InChI is InChI=1S/C28H29N5O4S/c1-18-26(38-27(29-18)19-8-6-5-7-9-19)28(34)33-14-12-32(13-15-33)24-11-10-21(30-31-24)20-16-22(35-2)25(37-4)23(17-20)36-3/h5-11,16-17H,12-15H2,1-4H3. The quantitative estimate of drug-likeness (QED) is 0.343. The lowest BCUT2D eigenvalue weighted by molar-refractivity contribution is 0.0750. The van der Waals surface area contributed by atoms with Crippen LogP contribution in [0.25, 0.3) is 21.8 Å². The van der Waals surface area contributed by atoms with E-state index >= 15 is 0 Å². The van der Waals surface area contributed by atoms with Crippen LogP contribution in [0, 0.1) is 6.92 Å². The number of carbonyl (C=O) groups is 1. The maximum absolute atomic E-state index is 13.3. The summed E-state index contributed by atoms with van der Waals surface area (Å²) in [5, 5.41) is 9.78. The molecule has 38 heavy (non-hydrogen) atoms. The average molecular weight is 532 g/mol. The normalized spacial score (nSPS) is 13.4. The van der Waals surface area contributed by atoms with Crippen LogP contribution in [0.5, 0.6) is 17.2 Å². The van der Waals surface area contributed by atoms with E-state index in [-0.39, 0.29) is 5.91 Å². The van der Waals surface area contributed by atoms with Crippen LogP contribution in [0.3, 0.4) is 0 Å². The topological polar surface area (TPSA) is 89.9 Å². The number of piperazine rings is 1. The summed E-state index contributed by atoms with van der Waals surface area (Å²) in [6.45, 7) is 4.46. The first kappa shape index (κ1) is 25.5. The van der Waals surface area contributed by atoms with Crippen molar-refractivity contribution in [3.05, 3.63) is 65.2 Å². The van der Waals surface area contributed by atoms with E-state index in [4.69, 9.17) is 14.2 Å². The van der Waals surface area contributed by atoms with Crippen LogP contribution in [0.1, 0.15) is 15.4 Å². The third kappa shape index (κ3) is 4.99. The number of aromatic nitrogens is 3. The van der Waals surface area contributed by atoms with Crippen molar-refractivity contribution in [3.63, 3.8) is 0 Å². The van der Waals surface area contributed by atoms with Crippen molar-refractivity contribution in [1.29, 1.82) is 0 Å². The van der Waals surface area contributed by atoms with Crippen LogP contribution in [-0.2, 0) is 0 Å². The molecule has 1 aliphatic rings. The number of anilines is 1. The summed E-state index contributed by atoms with van der Waals surface area (Å²) >= 11 is 1.45. The minimum Gasteiger partial charge on any atom is -0.493 e. The molecule has 5 rings (SSSR count). The molecule has 2 aromatic heterocycles. The maximum atomic E-state index is 13.3. The van der Waals surface area contributed by atoms with E-state index in [1.807, 2.05) is 66.4 Å². The van der Waals surface area contributed by atoms with E-state index in [0.717, 1.165) is 27.6 Å². The van der Waals surface area contributed by atoms with Gasteiger partial charge >= 0.3 is 0 Å². The molecule has 0 aliphatic carbocycles. The highest BCUT2D eigenvalue weighted by Crippen LogP contribution is 2.40. The fourth-order valence-corrected chi connectivity index (χ4v) is 5.50. The molecule has 1 fully saturated rings. The summed E-state index contributed by atoms with van der Waals surface area (Å²) in [6.07, 6.45) is 0. The van der Waals surface area contributed by atoms with E-state index < -0.39 is 0 Å². The summed E-state index contributed by atoms with van der Waals surface area (Å²) < 4.78 is 16.3. The van der Waals surface area contributed by atoms with E-state index in [9.17, 15) is 4.79 Å². The van der Waals surface area contributed by atoms with Gasteiger partial charge in [-0.2, -0.15) is 0 Å². The molecular weight excluding hydrogens is 502 g/mol. The van der Waals surface area contributed by atoms with E-state index in [0.29, 0.717) is 54.0 Å². The van der Waals surface area contributed by atoms with Gasteiger partial charge in [0, 0.05) is 37.3 Å². The van der Waals surface area contributed by atoms with E-state index in [1.54, 1.807) is 21.3 Å². The molecule has 0 atom stereocenters. The SMILES string of the molecule is COc1cc(-c2ccc(N3CCN(C(=O)c4sc(-c5ccccc5)nc4C)CC3)nn2)cc(OC)c1OC. The Morgan fingerprint density at radius 1 is 0.842 bits per heavy atom. The van der Waals surface area contributed by atoms with Gasteiger partial charge in [-0.3, -0.25) is 4.79 Å². The highest BCUT2D eigenvalue weighted by Gasteiger charge is 2.26. The molecule has 0 bridgehead atoms. The number of thiazole rings is 1. The molecule has 1 saturated heterocycles. The van der Waals surface area contributed by atoms with E-state index in [1.165, 1.54) is 11.3 Å². The zero-order valence-electron chi connectivity index (χ0n) is 21.8. The molecule has 1 amide bonds. The molecule has 0 radical (unpaired) electrons. The second-order valence-electron chi connectivity index (χ2n) is 8.77. The lowest BCUT2D eigenvalue weighted by atomic mass is 10.1. The summed E-state index contributed by atoms with van der Waals surface area (Å²) in [6, 6.07) is 17.5. The Balaban J connectivity index is 1.25. The number of ether oxygens (including phenoxy) is 3. The molecule has 0 saturated carbocycles. The number of amides is 1. The minimum absolute atomic E-state index is 0.0330. The van der Waals surface area contributed by atoms with E-state index in [2.05, 4.69) is 20.1 Å². The monoisotopic (exact) mass is 531 g/mol. The number of rotatable bonds is 7. The number of aryl methyl sites for hydroxylation is 1. The fraction of sp³-hybridized carbons (Fsp3) is 0.286. The van der Waals surface area contributed by atoms with Gasteiger partial charge in [-0.05, 0) is 31.2 Å². The summed E-state index contributed by atoms with van der Waals surface area (Å²) in [5.41, 5.74) is 3.30. The van der Waals surface area contributed by atoms with Crippen molar-refractivity contribution in [2.24, 2.45) is 0 Å². The molecular formula is C28H29N5O4S. The van der Waals surface area contributed by atoms with Crippen LogP contribution in [-0.4, -0.2) is 73.5 Å². The van der Waals surface area contributed by atoms with Gasteiger partial charge in [0.2, 0.25) is 5.75 Å². The molecule has 0 unspecified atom stereocenters. The molecule has 0 spiro atoms. The van der Waals surface area contributed by atoms with Crippen molar-refractivity contribution < 1.29 is 19.0 Å². The average Bonchev–Trinajstić information content (AvgIpc) is 3.38. The Labute approximate surface area is 225 Å². The highest BCUT2D eigenvalue weighted by atomic mass is 32.1. The predicted octanol–water partition coefficient (Wildman–Crippen LogP) is 4.56. The lowest BCUT2D eigenvalue weighted by Gasteiger charge is -2.35. The van der Waals surface area contributed by atoms with Crippen molar-refractivity contribution in [2.45, 2.75) is 6.92 Å². The fourth-order valence-electron chi connectivity index (χ4n) is 4.46. The molecule has 1 aliphatic heterocycles. The Hall–Kier alpha value is -4.18. The smallest absolute Gasteiger partial charge is 0.265 e. The van der Waals surface area contributed by atoms with Gasteiger partial charge in [-0.25, -0.2) is 4.98 Å².